The van der Waals surface area contributed by atoms with Gasteiger partial charge in [-0.25, -0.2) is 0 Å². The zero-order valence-corrected chi connectivity index (χ0v) is 13.6. The van der Waals surface area contributed by atoms with Gasteiger partial charge in [-0.1, -0.05) is 43.7 Å². The normalized spacial score (nSPS) is 23.5. The van der Waals surface area contributed by atoms with Crippen molar-refractivity contribution in [2.75, 3.05) is 5.75 Å². The van der Waals surface area contributed by atoms with E-state index in [9.17, 15) is 4.79 Å². The van der Waals surface area contributed by atoms with E-state index >= 15 is 0 Å². The third-order valence-electron chi connectivity index (χ3n) is 4.03. The van der Waals surface area contributed by atoms with Crippen molar-refractivity contribution in [2.45, 2.75) is 56.4 Å². The summed E-state index contributed by atoms with van der Waals surface area (Å²) in [5, 5.41) is 3.88. The number of hydrogen-bond donors (Lipinski definition) is 2. The first-order valence-corrected chi connectivity index (χ1v) is 8.95. The lowest BCUT2D eigenvalue weighted by Crippen LogP contribution is -2.40. The Morgan fingerprint density at radius 1 is 1.38 bits per heavy atom. The molecule has 2 rings (SSSR count). The molecule has 3 nitrogen and oxygen atoms in total. The van der Waals surface area contributed by atoms with E-state index in [-0.39, 0.29) is 11.9 Å². The van der Waals surface area contributed by atoms with E-state index in [1.54, 1.807) is 0 Å². The van der Waals surface area contributed by atoms with Crippen LogP contribution in [0, 0.1) is 0 Å². The number of rotatable bonds is 6. The topological polar surface area (TPSA) is 55.1 Å². The molecule has 1 fully saturated rings. The second-order valence-electron chi connectivity index (χ2n) is 5.73. The van der Waals surface area contributed by atoms with Crippen molar-refractivity contribution in [2.24, 2.45) is 5.73 Å². The molecule has 1 saturated carbocycles. The molecule has 3 atom stereocenters. The predicted octanol–water partition coefficient (Wildman–Crippen LogP) is 3.26. The Morgan fingerprint density at radius 2 is 2.14 bits per heavy atom. The van der Waals surface area contributed by atoms with Crippen LogP contribution in [-0.4, -0.2) is 23.0 Å². The third-order valence-corrected chi connectivity index (χ3v) is 5.26. The van der Waals surface area contributed by atoms with Gasteiger partial charge in [0, 0.05) is 23.8 Å². The molecular formula is C17H26N2OS. The lowest BCUT2D eigenvalue weighted by molar-refractivity contribution is -0.122. The van der Waals surface area contributed by atoms with E-state index in [4.69, 9.17) is 5.73 Å². The Kier molecular flexibility index (Phi) is 6.58. The first-order chi connectivity index (χ1) is 10.2. The number of carbonyl (C=O) groups excluding carboxylic acids is 1. The van der Waals surface area contributed by atoms with Crippen LogP contribution in [0.1, 0.15) is 50.6 Å². The monoisotopic (exact) mass is 306 g/mol. The quantitative estimate of drug-likeness (QED) is 0.848. The van der Waals surface area contributed by atoms with Crippen LogP contribution in [0.15, 0.2) is 30.3 Å². The van der Waals surface area contributed by atoms with E-state index in [1.165, 1.54) is 12.8 Å². The molecule has 1 aliphatic rings. The van der Waals surface area contributed by atoms with Gasteiger partial charge < -0.3 is 11.1 Å². The molecule has 3 unspecified atom stereocenters. The Balaban J connectivity index is 1.79. The Hall–Kier alpha value is -1.00. The van der Waals surface area contributed by atoms with Crippen molar-refractivity contribution in [3.63, 3.8) is 0 Å². The van der Waals surface area contributed by atoms with Gasteiger partial charge in [0.1, 0.15) is 0 Å². The van der Waals surface area contributed by atoms with Crippen LogP contribution in [0.25, 0.3) is 0 Å². The maximum Gasteiger partial charge on any atom is 0.222 e. The summed E-state index contributed by atoms with van der Waals surface area (Å²) in [5.41, 5.74) is 7.13. The van der Waals surface area contributed by atoms with Gasteiger partial charge in [0.2, 0.25) is 5.91 Å². The van der Waals surface area contributed by atoms with Crippen LogP contribution in [0.4, 0.5) is 0 Å². The van der Waals surface area contributed by atoms with Crippen LogP contribution in [-0.2, 0) is 4.79 Å². The summed E-state index contributed by atoms with van der Waals surface area (Å²) >= 11 is 2.02. The van der Waals surface area contributed by atoms with E-state index in [1.807, 2.05) is 42.1 Å². The molecule has 4 heteroatoms. The predicted molar refractivity (Wildman–Crippen MR) is 90.3 cm³/mol. The number of nitrogens with two attached hydrogens (primary N) is 1. The highest BCUT2D eigenvalue weighted by atomic mass is 32.2. The Labute approximate surface area is 132 Å². The fourth-order valence-corrected chi connectivity index (χ4v) is 4.14. The maximum atomic E-state index is 12.2. The molecule has 0 heterocycles. The molecule has 0 aromatic heterocycles. The third kappa shape index (κ3) is 5.36. The van der Waals surface area contributed by atoms with Crippen LogP contribution in [0.3, 0.4) is 0 Å². The van der Waals surface area contributed by atoms with Gasteiger partial charge in [0.05, 0.1) is 0 Å². The first kappa shape index (κ1) is 16.4. The number of carbonyl (C=O) groups is 1. The highest BCUT2D eigenvalue weighted by Gasteiger charge is 2.23. The maximum absolute atomic E-state index is 12.2. The molecule has 0 saturated heterocycles. The van der Waals surface area contributed by atoms with Crippen molar-refractivity contribution in [3.05, 3.63) is 35.9 Å². The van der Waals surface area contributed by atoms with Gasteiger partial charge in [-0.15, -0.1) is 0 Å². The number of nitrogens with one attached hydrogen (secondary N) is 1. The first-order valence-electron chi connectivity index (χ1n) is 7.90. The molecule has 1 aromatic carbocycles. The van der Waals surface area contributed by atoms with Crippen LogP contribution < -0.4 is 11.1 Å². The fraction of sp³-hybridized carbons (Fsp3) is 0.588. The molecule has 1 aromatic rings. The fourth-order valence-electron chi connectivity index (χ4n) is 2.97. The smallest absolute Gasteiger partial charge is 0.222 e. The van der Waals surface area contributed by atoms with Crippen molar-refractivity contribution in [1.29, 1.82) is 0 Å². The summed E-state index contributed by atoms with van der Waals surface area (Å²) in [6, 6.07) is 9.96. The van der Waals surface area contributed by atoms with Crippen molar-refractivity contribution >= 4 is 17.7 Å². The summed E-state index contributed by atoms with van der Waals surface area (Å²) in [7, 11) is 0. The van der Waals surface area contributed by atoms with Gasteiger partial charge in [-0.2, -0.15) is 11.8 Å². The molecule has 0 bridgehead atoms. The minimum Gasteiger partial charge on any atom is -0.353 e. The van der Waals surface area contributed by atoms with Crippen LogP contribution >= 0.6 is 11.8 Å². The lowest BCUT2D eigenvalue weighted by Gasteiger charge is -2.29. The lowest BCUT2D eigenvalue weighted by atomic mass is 9.94. The molecule has 0 spiro atoms. The van der Waals surface area contributed by atoms with Gasteiger partial charge in [-0.3, -0.25) is 4.79 Å². The van der Waals surface area contributed by atoms with Crippen molar-refractivity contribution in [3.8, 4) is 0 Å². The average Bonchev–Trinajstić information content (AvgIpc) is 2.48. The molecule has 0 radical (unpaired) electrons. The van der Waals surface area contributed by atoms with Gasteiger partial charge >= 0.3 is 0 Å². The van der Waals surface area contributed by atoms with Crippen molar-refractivity contribution in [1.82, 2.24) is 5.32 Å². The van der Waals surface area contributed by atoms with Crippen molar-refractivity contribution < 1.29 is 4.79 Å². The number of thioether (sulfide) groups is 1. The zero-order valence-electron chi connectivity index (χ0n) is 12.8. The number of benzene rings is 1. The van der Waals surface area contributed by atoms with Gasteiger partial charge in [0.25, 0.3) is 0 Å². The molecule has 1 aliphatic carbocycles. The number of hydrogen-bond acceptors (Lipinski definition) is 3. The summed E-state index contributed by atoms with van der Waals surface area (Å²) in [4.78, 5) is 12.2. The minimum atomic E-state index is -0.212. The van der Waals surface area contributed by atoms with E-state index < -0.39 is 0 Å². The summed E-state index contributed by atoms with van der Waals surface area (Å²) < 4.78 is 0. The molecule has 21 heavy (non-hydrogen) atoms. The number of amides is 1. The molecule has 3 N–H and O–H groups in total. The van der Waals surface area contributed by atoms with Crippen LogP contribution in [0.5, 0.6) is 0 Å². The summed E-state index contributed by atoms with van der Waals surface area (Å²) in [6.45, 7) is 2.20. The molecule has 116 valence electrons. The second-order valence-corrected chi connectivity index (χ2v) is 7.31. The molecular weight excluding hydrogens is 280 g/mol. The SMILES string of the molecule is CCSC1CCCC(NC(=O)CC(N)c2ccccc2)C1. The standard InChI is InChI=1S/C17H26N2OS/c1-2-21-15-10-6-9-14(11-15)19-17(20)12-16(18)13-7-4-3-5-8-13/h3-5,7-8,14-16H,2,6,9-12,18H2,1H3,(H,19,20). The Morgan fingerprint density at radius 3 is 2.86 bits per heavy atom. The summed E-state index contributed by atoms with van der Waals surface area (Å²) in [5.74, 6) is 1.24. The summed E-state index contributed by atoms with van der Waals surface area (Å²) in [6.07, 6.45) is 5.08. The highest BCUT2D eigenvalue weighted by Crippen LogP contribution is 2.28. The average molecular weight is 306 g/mol. The molecule has 1 amide bonds. The van der Waals surface area contributed by atoms with Gasteiger partial charge in [0.15, 0.2) is 0 Å². The van der Waals surface area contributed by atoms with E-state index in [2.05, 4.69) is 12.2 Å². The van der Waals surface area contributed by atoms with Crippen LogP contribution in [0.2, 0.25) is 0 Å². The highest BCUT2D eigenvalue weighted by molar-refractivity contribution is 7.99. The van der Waals surface area contributed by atoms with E-state index in [0.717, 1.165) is 24.2 Å². The van der Waals surface area contributed by atoms with E-state index in [0.29, 0.717) is 17.7 Å². The largest absolute Gasteiger partial charge is 0.353 e. The zero-order chi connectivity index (χ0) is 15.1. The second kappa shape index (κ2) is 8.44. The Bertz CT molecular complexity index is 436. The van der Waals surface area contributed by atoms with Gasteiger partial charge in [-0.05, 0) is 30.6 Å². The molecule has 0 aliphatic heterocycles. The minimum absolute atomic E-state index is 0.0819.